The van der Waals surface area contributed by atoms with Gasteiger partial charge in [0.05, 0.1) is 10.6 Å². The smallest absolute Gasteiger partial charge is 0.264 e. The van der Waals surface area contributed by atoms with Crippen molar-refractivity contribution in [2.45, 2.75) is 31.3 Å². The molecule has 0 aromatic heterocycles. The fourth-order valence-electron chi connectivity index (χ4n) is 4.15. The molecule has 0 aliphatic carbocycles. The van der Waals surface area contributed by atoms with Gasteiger partial charge in [-0.3, -0.25) is 13.9 Å². The number of likely N-dealkylation sites (N-methyl/N-ethyl adjacent to an activating group) is 1. The summed E-state index contributed by atoms with van der Waals surface area (Å²) in [6.07, 6.45) is 0. The van der Waals surface area contributed by atoms with Crippen molar-refractivity contribution < 1.29 is 27.5 Å². The van der Waals surface area contributed by atoms with Crippen molar-refractivity contribution in [3.05, 3.63) is 83.4 Å². The van der Waals surface area contributed by atoms with Crippen molar-refractivity contribution in [3.8, 4) is 11.5 Å². The van der Waals surface area contributed by atoms with Crippen molar-refractivity contribution in [1.82, 2.24) is 10.2 Å². The molecule has 1 aliphatic rings. The molecule has 206 valence electrons. The number of hydrogen-bond donors (Lipinski definition) is 1. The lowest BCUT2D eigenvalue weighted by atomic mass is 10.1. The Morgan fingerprint density at radius 3 is 2.33 bits per heavy atom. The van der Waals surface area contributed by atoms with Gasteiger partial charge in [-0.25, -0.2) is 8.42 Å². The van der Waals surface area contributed by atoms with Crippen LogP contribution in [0.4, 0.5) is 5.69 Å². The highest BCUT2D eigenvalue weighted by atomic mass is 35.5. The summed E-state index contributed by atoms with van der Waals surface area (Å²) < 4.78 is 40.0. The number of rotatable bonds is 10. The van der Waals surface area contributed by atoms with E-state index in [0.29, 0.717) is 41.8 Å². The molecular weight excluding hydrogens is 542 g/mol. The molecule has 0 spiro atoms. The lowest BCUT2D eigenvalue weighted by molar-refractivity contribution is -0.139. The first-order valence-electron chi connectivity index (χ1n) is 12.5. The molecule has 4 rings (SSSR count). The number of amides is 2. The van der Waals surface area contributed by atoms with Crippen LogP contribution < -0.4 is 19.1 Å². The predicted molar refractivity (Wildman–Crippen MR) is 149 cm³/mol. The molecule has 1 N–H and O–H groups in total. The number of fused-ring (bicyclic) bond motifs is 1. The minimum Gasteiger partial charge on any atom is -0.486 e. The Bertz CT molecular complexity index is 1430. The molecular formula is C28H30ClN3O6S. The van der Waals surface area contributed by atoms with E-state index < -0.39 is 28.5 Å². The summed E-state index contributed by atoms with van der Waals surface area (Å²) in [5.74, 6) is -0.0839. The maximum Gasteiger partial charge on any atom is 0.264 e. The Morgan fingerprint density at radius 2 is 1.64 bits per heavy atom. The molecule has 1 atom stereocenters. The van der Waals surface area contributed by atoms with Crippen LogP contribution in [0.3, 0.4) is 0 Å². The van der Waals surface area contributed by atoms with Crippen LogP contribution in [0.25, 0.3) is 0 Å². The maximum atomic E-state index is 13.9. The summed E-state index contributed by atoms with van der Waals surface area (Å²) in [5.41, 5.74) is 0.847. The van der Waals surface area contributed by atoms with Gasteiger partial charge in [0.15, 0.2) is 11.5 Å². The summed E-state index contributed by atoms with van der Waals surface area (Å²) >= 11 is 6.37. The Morgan fingerprint density at radius 1 is 0.974 bits per heavy atom. The van der Waals surface area contributed by atoms with E-state index in [4.69, 9.17) is 21.1 Å². The lowest BCUT2D eigenvalue weighted by Crippen LogP contribution is -2.51. The third-order valence-corrected chi connectivity index (χ3v) is 8.40. The van der Waals surface area contributed by atoms with E-state index >= 15 is 0 Å². The van der Waals surface area contributed by atoms with E-state index in [1.807, 2.05) is 0 Å². The van der Waals surface area contributed by atoms with Gasteiger partial charge in [-0.1, -0.05) is 48.0 Å². The molecule has 39 heavy (non-hydrogen) atoms. The topological polar surface area (TPSA) is 105 Å². The monoisotopic (exact) mass is 571 g/mol. The van der Waals surface area contributed by atoms with Gasteiger partial charge in [0.2, 0.25) is 11.8 Å². The standard InChI is InChI=1S/C28H30ClN3O6S/c1-3-30-28(34)20(2)31(18-21-9-7-8-12-24(21)29)27(33)19-32(39(35,36)23-10-5-4-6-11-23)22-13-14-25-26(17-22)38-16-15-37-25/h4-14,17,20H,3,15-16,18-19H2,1-2H3,(H,30,34)/t20-/m1/s1. The van der Waals surface area contributed by atoms with E-state index in [9.17, 15) is 18.0 Å². The lowest BCUT2D eigenvalue weighted by Gasteiger charge is -2.32. The molecule has 0 unspecified atom stereocenters. The van der Waals surface area contributed by atoms with E-state index in [2.05, 4.69) is 5.32 Å². The summed E-state index contributed by atoms with van der Waals surface area (Å²) in [4.78, 5) is 28.0. The van der Waals surface area contributed by atoms with Gasteiger partial charge >= 0.3 is 0 Å². The zero-order valence-corrected chi connectivity index (χ0v) is 23.2. The highest BCUT2D eigenvalue weighted by Gasteiger charge is 2.33. The average Bonchev–Trinajstić information content (AvgIpc) is 2.95. The number of sulfonamides is 1. The molecule has 0 bridgehead atoms. The van der Waals surface area contributed by atoms with Crippen LogP contribution in [0.2, 0.25) is 5.02 Å². The molecule has 0 fully saturated rings. The Labute approximate surface area is 233 Å². The van der Waals surface area contributed by atoms with Crippen LogP contribution in [-0.2, 0) is 26.2 Å². The molecule has 1 aliphatic heterocycles. The third kappa shape index (κ3) is 6.46. The number of anilines is 1. The summed E-state index contributed by atoms with van der Waals surface area (Å²) in [6, 6.07) is 18.7. The zero-order chi connectivity index (χ0) is 28.0. The Hall–Kier alpha value is -3.76. The largest absolute Gasteiger partial charge is 0.486 e. The Balaban J connectivity index is 1.74. The van der Waals surface area contributed by atoms with Gasteiger partial charge in [-0.05, 0) is 49.7 Å². The quantitative estimate of drug-likeness (QED) is 0.396. The fraction of sp³-hybridized carbons (Fsp3) is 0.286. The fourth-order valence-corrected chi connectivity index (χ4v) is 5.77. The average molecular weight is 572 g/mol. The molecule has 2 amide bonds. The summed E-state index contributed by atoms with van der Waals surface area (Å²) in [5, 5.41) is 3.16. The van der Waals surface area contributed by atoms with Gasteiger partial charge in [0.25, 0.3) is 10.0 Å². The first-order chi connectivity index (χ1) is 18.7. The highest BCUT2D eigenvalue weighted by Crippen LogP contribution is 2.36. The molecule has 3 aromatic rings. The third-order valence-electron chi connectivity index (χ3n) is 6.24. The minimum absolute atomic E-state index is 0.0111. The van der Waals surface area contributed by atoms with Gasteiger partial charge in [0, 0.05) is 24.2 Å². The second-order valence-electron chi connectivity index (χ2n) is 8.84. The van der Waals surface area contributed by atoms with Crippen molar-refractivity contribution in [2.24, 2.45) is 0 Å². The van der Waals surface area contributed by atoms with Crippen LogP contribution in [-0.4, -0.2) is 57.5 Å². The molecule has 1 heterocycles. The molecule has 11 heteroatoms. The normalized spacial score (nSPS) is 13.3. The molecule has 3 aromatic carbocycles. The number of benzene rings is 3. The summed E-state index contributed by atoms with van der Waals surface area (Å²) in [6.45, 7) is 3.90. The summed E-state index contributed by atoms with van der Waals surface area (Å²) in [7, 11) is -4.18. The van der Waals surface area contributed by atoms with Gasteiger partial charge in [0.1, 0.15) is 25.8 Å². The molecule has 0 radical (unpaired) electrons. The van der Waals surface area contributed by atoms with E-state index in [-0.39, 0.29) is 23.0 Å². The SMILES string of the molecule is CCNC(=O)[C@@H](C)N(Cc1ccccc1Cl)C(=O)CN(c1ccc2c(c1)OCCO2)S(=O)(=O)c1ccccc1. The number of nitrogens with zero attached hydrogens (tertiary/aromatic N) is 2. The van der Waals surface area contributed by atoms with Gasteiger partial charge in [-0.15, -0.1) is 0 Å². The van der Waals surface area contributed by atoms with Crippen molar-refractivity contribution in [2.75, 3.05) is 30.6 Å². The van der Waals surface area contributed by atoms with Crippen molar-refractivity contribution in [1.29, 1.82) is 0 Å². The highest BCUT2D eigenvalue weighted by molar-refractivity contribution is 7.92. The number of carbonyl (C=O) groups excluding carboxylic acids is 2. The van der Waals surface area contributed by atoms with Crippen LogP contribution in [0.15, 0.2) is 77.7 Å². The van der Waals surface area contributed by atoms with E-state index in [1.54, 1.807) is 68.4 Å². The number of halogens is 1. The molecule has 9 nitrogen and oxygen atoms in total. The zero-order valence-electron chi connectivity index (χ0n) is 21.7. The van der Waals surface area contributed by atoms with Crippen LogP contribution in [0.1, 0.15) is 19.4 Å². The van der Waals surface area contributed by atoms with Gasteiger partial charge < -0.3 is 19.7 Å². The first-order valence-corrected chi connectivity index (χ1v) is 14.3. The van der Waals surface area contributed by atoms with Crippen LogP contribution in [0, 0.1) is 0 Å². The molecule has 0 saturated carbocycles. The second-order valence-corrected chi connectivity index (χ2v) is 11.1. The first kappa shape index (κ1) is 28.3. The van der Waals surface area contributed by atoms with E-state index in [1.165, 1.54) is 23.1 Å². The number of carbonyl (C=O) groups is 2. The minimum atomic E-state index is -4.18. The second kappa shape index (κ2) is 12.4. The number of hydrogen-bond acceptors (Lipinski definition) is 6. The number of ether oxygens (including phenoxy) is 2. The van der Waals surface area contributed by atoms with Crippen molar-refractivity contribution in [3.63, 3.8) is 0 Å². The Kier molecular flexibility index (Phi) is 8.98. The number of nitrogens with one attached hydrogen (secondary N) is 1. The maximum absolute atomic E-state index is 13.9. The predicted octanol–water partition coefficient (Wildman–Crippen LogP) is 3.86. The van der Waals surface area contributed by atoms with Crippen LogP contribution in [0.5, 0.6) is 11.5 Å². The molecule has 0 saturated heterocycles. The van der Waals surface area contributed by atoms with Gasteiger partial charge in [-0.2, -0.15) is 0 Å². The van der Waals surface area contributed by atoms with Crippen molar-refractivity contribution >= 4 is 39.1 Å². The van der Waals surface area contributed by atoms with E-state index in [0.717, 1.165) is 4.31 Å². The van der Waals surface area contributed by atoms with Crippen LogP contribution >= 0.6 is 11.6 Å².